The molecule has 102 valence electrons. The fourth-order valence-corrected chi connectivity index (χ4v) is 2.01. The number of aryl methyl sites for hydroxylation is 2. The van der Waals surface area contributed by atoms with Crippen LogP contribution in [0.1, 0.15) is 17.9 Å². The Morgan fingerprint density at radius 2 is 2.21 bits per heavy atom. The third-order valence-corrected chi connectivity index (χ3v) is 2.98. The monoisotopic (exact) mass is 263 g/mol. The second kappa shape index (κ2) is 5.84. The van der Waals surface area contributed by atoms with Gasteiger partial charge in [-0.15, -0.1) is 0 Å². The fourth-order valence-electron chi connectivity index (χ4n) is 2.01. The number of ether oxygens (including phenoxy) is 1. The van der Waals surface area contributed by atoms with Crippen molar-refractivity contribution in [2.45, 2.75) is 19.8 Å². The van der Waals surface area contributed by atoms with Crippen LogP contribution in [0.15, 0.2) is 18.2 Å². The number of hydrogen-bond donors (Lipinski definition) is 2. The van der Waals surface area contributed by atoms with E-state index < -0.39 is 0 Å². The molecule has 0 amide bonds. The summed E-state index contributed by atoms with van der Waals surface area (Å²) in [5, 5.41) is 0. The van der Waals surface area contributed by atoms with Crippen LogP contribution in [0.25, 0.3) is 11.3 Å². The highest BCUT2D eigenvalue weighted by Gasteiger charge is 2.11. The molecule has 0 saturated heterocycles. The summed E-state index contributed by atoms with van der Waals surface area (Å²) >= 11 is 0. The van der Waals surface area contributed by atoms with E-state index in [2.05, 4.69) is 9.97 Å². The van der Waals surface area contributed by atoms with Crippen molar-refractivity contribution >= 4 is 0 Å². The molecule has 0 unspecified atom stereocenters. The third kappa shape index (κ3) is 2.93. The van der Waals surface area contributed by atoms with Gasteiger partial charge in [-0.05, 0) is 38.1 Å². The first kappa shape index (κ1) is 13.5. The van der Waals surface area contributed by atoms with E-state index >= 15 is 0 Å². The number of nitrogens with one attached hydrogen (secondary N) is 1. The van der Waals surface area contributed by atoms with E-state index in [1.807, 2.05) is 6.92 Å². The number of aromatic nitrogens is 2. The van der Waals surface area contributed by atoms with Gasteiger partial charge in [0.15, 0.2) is 11.6 Å². The molecule has 0 aliphatic rings. The molecular formula is C14H18FN3O. The van der Waals surface area contributed by atoms with E-state index in [4.69, 9.17) is 10.5 Å². The fraction of sp³-hybridized carbons (Fsp3) is 0.357. The highest BCUT2D eigenvalue weighted by molar-refractivity contribution is 5.63. The molecule has 5 heteroatoms. The van der Waals surface area contributed by atoms with E-state index in [1.165, 1.54) is 13.2 Å². The average Bonchev–Trinajstić information content (AvgIpc) is 2.77. The molecule has 0 bridgehead atoms. The van der Waals surface area contributed by atoms with Crippen LogP contribution in [0.3, 0.4) is 0 Å². The molecule has 1 aromatic heterocycles. The maximum Gasteiger partial charge on any atom is 0.165 e. The van der Waals surface area contributed by atoms with Crippen molar-refractivity contribution in [3.05, 3.63) is 35.5 Å². The molecule has 0 fully saturated rings. The van der Waals surface area contributed by atoms with Crippen LogP contribution in [-0.4, -0.2) is 23.6 Å². The number of H-pyrrole nitrogens is 1. The highest BCUT2D eigenvalue weighted by Crippen LogP contribution is 2.26. The van der Waals surface area contributed by atoms with Crippen molar-refractivity contribution in [3.63, 3.8) is 0 Å². The Labute approximate surface area is 111 Å². The zero-order valence-corrected chi connectivity index (χ0v) is 11.2. The SMILES string of the molecule is COc1ccc(-c2nc(CCCN)[nH]c2C)cc1F. The number of rotatable bonds is 5. The van der Waals surface area contributed by atoms with Gasteiger partial charge >= 0.3 is 0 Å². The van der Waals surface area contributed by atoms with Gasteiger partial charge in [0.2, 0.25) is 0 Å². The zero-order chi connectivity index (χ0) is 13.8. The Morgan fingerprint density at radius 3 is 2.84 bits per heavy atom. The molecule has 1 heterocycles. The summed E-state index contributed by atoms with van der Waals surface area (Å²) in [5.41, 5.74) is 7.92. The van der Waals surface area contributed by atoms with Crippen LogP contribution in [0.4, 0.5) is 4.39 Å². The second-order valence-electron chi connectivity index (χ2n) is 4.40. The largest absolute Gasteiger partial charge is 0.494 e. The highest BCUT2D eigenvalue weighted by atomic mass is 19.1. The molecule has 2 rings (SSSR count). The van der Waals surface area contributed by atoms with Gasteiger partial charge < -0.3 is 15.5 Å². The van der Waals surface area contributed by atoms with Crippen molar-refractivity contribution in [2.75, 3.05) is 13.7 Å². The first-order valence-electron chi connectivity index (χ1n) is 6.25. The third-order valence-electron chi connectivity index (χ3n) is 2.98. The molecule has 0 atom stereocenters. The standard InChI is InChI=1S/C14H18FN3O/c1-9-14(18-13(17-9)4-3-7-16)10-5-6-12(19-2)11(15)8-10/h5-6,8H,3-4,7,16H2,1-2H3,(H,17,18). The summed E-state index contributed by atoms with van der Waals surface area (Å²) in [5.74, 6) is 0.736. The van der Waals surface area contributed by atoms with Gasteiger partial charge in [0, 0.05) is 17.7 Å². The number of aromatic amines is 1. The van der Waals surface area contributed by atoms with Gasteiger partial charge in [0.25, 0.3) is 0 Å². The number of halogens is 1. The minimum atomic E-state index is -0.383. The average molecular weight is 263 g/mol. The van der Waals surface area contributed by atoms with Crippen LogP contribution in [0, 0.1) is 12.7 Å². The minimum Gasteiger partial charge on any atom is -0.494 e. The minimum absolute atomic E-state index is 0.236. The van der Waals surface area contributed by atoms with Crippen molar-refractivity contribution in [1.82, 2.24) is 9.97 Å². The van der Waals surface area contributed by atoms with Gasteiger partial charge in [-0.1, -0.05) is 0 Å². The van der Waals surface area contributed by atoms with E-state index in [1.54, 1.807) is 12.1 Å². The summed E-state index contributed by atoms with van der Waals surface area (Å²) in [7, 11) is 1.45. The molecule has 0 aliphatic heterocycles. The Bertz CT molecular complexity index is 566. The van der Waals surface area contributed by atoms with E-state index in [0.717, 1.165) is 35.6 Å². The number of benzene rings is 1. The molecule has 2 aromatic rings. The molecule has 3 N–H and O–H groups in total. The second-order valence-corrected chi connectivity index (χ2v) is 4.40. The lowest BCUT2D eigenvalue weighted by molar-refractivity contribution is 0.386. The quantitative estimate of drug-likeness (QED) is 0.870. The van der Waals surface area contributed by atoms with Crippen LogP contribution < -0.4 is 10.5 Å². The van der Waals surface area contributed by atoms with E-state index in [9.17, 15) is 4.39 Å². The molecule has 0 radical (unpaired) electrons. The maximum absolute atomic E-state index is 13.7. The summed E-state index contributed by atoms with van der Waals surface area (Å²) < 4.78 is 18.6. The Hall–Kier alpha value is -1.88. The van der Waals surface area contributed by atoms with Crippen LogP contribution in [0.2, 0.25) is 0 Å². The van der Waals surface area contributed by atoms with Gasteiger partial charge in [-0.3, -0.25) is 0 Å². The predicted octanol–water partition coefficient (Wildman–Crippen LogP) is 2.42. The van der Waals surface area contributed by atoms with Crippen LogP contribution in [-0.2, 0) is 6.42 Å². The molecule has 4 nitrogen and oxygen atoms in total. The number of nitrogens with two attached hydrogens (primary N) is 1. The molecule has 0 spiro atoms. The molecule has 0 saturated carbocycles. The molecule has 19 heavy (non-hydrogen) atoms. The van der Waals surface area contributed by atoms with E-state index in [0.29, 0.717) is 6.54 Å². The number of imidazole rings is 1. The lowest BCUT2D eigenvalue weighted by atomic mass is 10.1. The zero-order valence-electron chi connectivity index (χ0n) is 11.2. The lowest BCUT2D eigenvalue weighted by Gasteiger charge is -2.03. The first-order valence-corrected chi connectivity index (χ1v) is 6.25. The van der Waals surface area contributed by atoms with Crippen LogP contribution in [0.5, 0.6) is 5.75 Å². The maximum atomic E-state index is 13.7. The van der Waals surface area contributed by atoms with Crippen molar-refractivity contribution in [1.29, 1.82) is 0 Å². The topological polar surface area (TPSA) is 63.9 Å². The Kier molecular flexibility index (Phi) is 4.16. The van der Waals surface area contributed by atoms with Gasteiger partial charge in [0.05, 0.1) is 12.8 Å². The summed E-state index contributed by atoms with van der Waals surface area (Å²) in [6, 6.07) is 4.85. The van der Waals surface area contributed by atoms with Gasteiger partial charge in [-0.25, -0.2) is 9.37 Å². The van der Waals surface area contributed by atoms with Crippen molar-refractivity contribution in [3.8, 4) is 17.0 Å². The van der Waals surface area contributed by atoms with Crippen molar-refractivity contribution in [2.24, 2.45) is 5.73 Å². The van der Waals surface area contributed by atoms with Gasteiger partial charge in [-0.2, -0.15) is 0 Å². The number of methoxy groups -OCH3 is 1. The summed E-state index contributed by atoms with van der Waals surface area (Å²) in [6.45, 7) is 2.56. The molecule has 0 aliphatic carbocycles. The van der Waals surface area contributed by atoms with E-state index in [-0.39, 0.29) is 11.6 Å². The summed E-state index contributed by atoms with van der Waals surface area (Å²) in [4.78, 5) is 7.70. The predicted molar refractivity (Wildman–Crippen MR) is 72.6 cm³/mol. The van der Waals surface area contributed by atoms with Crippen LogP contribution >= 0.6 is 0 Å². The first-order chi connectivity index (χ1) is 9.15. The molecular weight excluding hydrogens is 245 g/mol. The number of nitrogens with zero attached hydrogens (tertiary/aromatic N) is 1. The summed E-state index contributed by atoms with van der Waals surface area (Å²) in [6.07, 6.45) is 1.68. The normalized spacial score (nSPS) is 10.7. The Balaban J connectivity index is 2.30. The van der Waals surface area contributed by atoms with Gasteiger partial charge in [0.1, 0.15) is 5.82 Å². The van der Waals surface area contributed by atoms with Crippen molar-refractivity contribution < 1.29 is 9.13 Å². The Morgan fingerprint density at radius 1 is 1.42 bits per heavy atom. The lowest BCUT2D eigenvalue weighted by Crippen LogP contribution is -2.01. The number of hydrogen-bond acceptors (Lipinski definition) is 3. The molecule has 1 aromatic carbocycles. The smallest absolute Gasteiger partial charge is 0.165 e.